The zero-order chi connectivity index (χ0) is 22.7. The maximum Gasteiger partial charge on any atom is 0.268 e. The Bertz CT molecular complexity index is 1180. The summed E-state index contributed by atoms with van der Waals surface area (Å²) in [6, 6.07) is 10.4. The second-order valence-corrected chi connectivity index (χ2v) is 7.73. The van der Waals surface area contributed by atoms with E-state index in [0.717, 1.165) is 5.69 Å². The molecule has 7 nitrogen and oxygen atoms in total. The molecule has 2 heterocycles. The Balaban J connectivity index is 2.18. The number of hydrogen-bond donors (Lipinski definition) is 2. The molecule has 164 valence electrons. The Morgan fingerprint density at radius 1 is 1.13 bits per heavy atom. The molecule has 1 atom stereocenters. The van der Waals surface area contributed by atoms with Crippen molar-refractivity contribution in [3.8, 4) is 0 Å². The van der Waals surface area contributed by atoms with Crippen molar-refractivity contribution in [2.24, 2.45) is 7.05 Å². The average molecular weight is 424 g/mol. The molecule has 3 aromatic rings. The molecule has 1 amide bonds. The largest absolute Gasteiger partial charge is 0.394 e. The molecule has 0 saturated heterocycles. The molecule has 0 spiro atoms. The summed E-state index contributed by atoms with van der Waals surface area (Å²) in [6.45, 7) is 5.32. The van der Waals surface area contributed by atoms with Gasteiger partial charge < -0.3 is 19.6 Å². The van der Waals surface area contributed by atoms with Gasteiger partial charge in [0.2, 0.25) is 0 Å². The van der Waals surface area contributed by atoms with Crippen molar-refractivity contribution in [3.63, 3.8) is 0 Å². The quantitative estimate of drug-likeness (QED) is 0.544. The SMILES string of the molecule is CCc1c(C(=O)NC(C)CO)n(C)c2cc(CC)n(CC(=O)c3ccccc3)c(=O)c12. The molecule has 1 aromatic carbocycles. The molecule has 0 aliphatic carbocycles. The van der Waals surface area contributed by atoms with Crippen molar-refractivity contribution in [2.45, 2.75) is 46.2 Å². The van der Waals surface area contributed by atoms with E-state index in [2.05, 4.69) is 5.32 Å². The number of aliphatic hydroxyl groups excluding tert-OH is 1. The smallest absolute Gasteiger partial charge is 0.268 e. The zero-order valence-corrected chi connectivity index (χ0v) is 18.4. The summed E-state index contributed by atoms with van der Waals surface area (Å²) in [5.41, 5.74) is 2.75. The van der Waals surface area contributed by atoms with Gasteiger partial charge in [0.1, 0.15) is 5.69 Å². The molecule has 3 rings (SSSR count). The Labute approximate surface area is 181 Å². The fraction of sp³-hybridized carbons (Fsp3) is 0.375. The van der Waals surface area contributed by atoms with Crippen molar-refractivity contribution < 1.29 is 14.7 Å². The van der Waals surface area contributed by atoms with E-state index in [9.17, 15) is 19.5 Å². The van der Waals surface area contributed by atoms with Crippen molar-refractivity contribution in [1.29, 1.82) is 0 Å². The number of pyridine rings is 1. The molecule has 0 aliphatic rings. The van der Waals surface area contributed by atoms with Crippen LogP contribution in [0.25, 0.3) is 10.9 Å². The van der Waals surface area contributed by atoms with Crippen LogP contribution < -0.4 is 10.9 Å². The molecule has 0 bridgehead atoms. The van der Waals surface area contributed by atoms with Crippen molar-refractivity contribution in [1.82, 2.24) is 14.5 Å². The Morgan fingerprint density at radius 3 is 2.39 bits per heavy atom. The Morgan fingerprint density at radius 2 is 1.81 bits per heavy atom. The van der Waals surface area contributed by atoms with Crippen LogP contribution in [0.15, 0.2) is 41.2 Å². The summed E-state index contributed by atoms with van der Waals surface area (Å²) in [6.07, 6.45) is 1.06. The van der Waals surface area contributed by atoms with Gasteiger partial charge >= 0.3 is 0 Å². The van der Waals surface area contributed by atoms with E-state index in [0.29, 0.717) is 40.6 Å². The number of aliphatic hydroxyl groups is 1. The van der Waals surface area contributed by atoms with Gasteiger partial charge in [-0.15, -0.1) is 0 Å². The van der Waals surface area contributed by atoms with Crippen molar-refractivity contribution in [3.05, 3.63) is 69.3 Å². The lowest BCUT2D eigenvalue weighted by atomic mass is 10.1. The maximum absolute atomic E-state index is 13.5. The minimum Gasteiger partial charge on any atom is -0.394 e. The first-order valence-electron chi connectivity index (χ1n) is 10.6. The number of benzene rings is 1. The third-order valence-corrected chi connectivity index (χ3v) is 5.63. The second kappa shape index (κ2) is 9.31. The monoisotopic (exact) mass is 423 g/mol. The lowest BCUT2D eigenvalue weighted by molar-refractivity contribution is 0.0912. The average Bonchev–Trinajstić information content (AvgIpc) is 3.07. The van der Waals surface area contributed by atoms with Gasteiger partial charge in [0.15, 0.2) is 5.78 Å². The van der Waals surface area contributed by atoms with Gasteiger partial charge in [-0.3, -0.25) is 14.4 Å². The predicted octanol–water partition coefficient (Wildman–Crippen LogP) is 2.46. The molecule has 31 heavy (non-hydrogen) atoms. The summed E-state index contributed by atoms with van der Waals surface area (Å²) in [7, 11) is 1.76. The number of carbonyl (C=O) groups excluding carboxylic acids is 2. The lowest BCUT2D eigenvalue weighted by Gasteiger charge is -2.13. The number of carbonyl (C=O) groups is 2. The molecule has 2 N–H and O–H groups in total. The van der Waals surface area contributed by atoms with Crippen LogP contribution in [-0.4, -0.2) is 38.6 Å². The first kappa shape index (κ1) is 22.5. The molecule has 0 aliphatic heterocycles. The fourth-order valence-electron chi connectivity index (χ4n) is 3.97. The van der Waals surface area contributed by atoms with Gasteiger partial charge in [-0.25, -0.2) is 0 Å². The van der Waals surface area contributed by atoms with E-state index in [4.69, 9.17) is 0 Å². The number of amides is 1. The molecule has 2 aromatic heterocycles. The maximum atomic E-state index is 13.5. The minimum atomic E-state index is -0.401. The lowest BCUT2D eigenvalue weighted by Crippen LogP contribution is -2.36. The second-order valence-electron chi connectivity index (χ2n) is 7.73. The number of ketones is 1. The first-order chi connectivity index (χ1) is 14.8. The topological polar surface area (TPSA) is 93.3 Å². The van der Waals surface area contributed by atoms with E-state index in [-0.39, 0.29) is 30.4 Å². The van der Waals surface area contributed by atoms with Crippen LogP contribution in [0, 0.1) is 0 Å². The highest BCUT2D eigenvalue weighted by Gasteiger charge is 2.25. The normalized spacial score (nSPS) is 12.2. The number of fused-ring (bicyclic) bond motifs is 1. The number of Topliss-reactive ketones (excluding diaryl/α,β-unsaturated/α-hetero) is 1. The van der Waals surface area contributed by atoms with Crippen LogP contribution in [-0.2, 0) is 26.4 Å². The van der Waals surface area contributed by atoms with E-state index < -0.39 is 6.04 Å². The van der Waals surface area contributed by atoms with Crippen LogP contribution >= 0.6 is 0 Å². The summed E-state index contributed by atoms with van der Waals surface area (Å²) in [5.74, 6) is -0.470. The first-order valence-corrected chi connectivity index (χ1v) is 10.6. The van der Waals surface area contributed by atoms with Crippen LogP contribution in [0.2, 0.25) is 0 Å². The Kier molecular flexibility index (Phi) is 6.75. The van der Waals surface area contributed by atoms with Crippen molar-refractivity contribution >= 4 is 22.6 Å². The molecule has 0 saturated carbocycles. The van der Waals surface area contributed by atoms with Gasteiger partial charge in [0, 0.05) is 24.3 Å². The number of rotatable bonds is 8. The standard InChI is InChI=1S/C24H29N3O4/c1-5-17-12-19-21(18(6-2)22(26(19)4)23(30)25-15(3)14-28)24(31)27(17)13-20(29)16-10-8-7-9-11-16/h7-12,15,28H,5-6,13-14H2,1-4H3,(H,25,30). The van der Waals surface area contributed by atoms with Crippen LogP contribution in [0.1, 0.15) is 52.9 Å². The molecular formula is C24H29N3O4. The number of hydrogen-bond acceptors (Lipinski definition) is 4. The third-order valence-electron chi connectivity index (χ3n) is 5.63. The summed E-state index contributed by atoms with van der Waals surface area (Å²) >= 11 is 0. The van der Waals surface area contributed by atoms with Crippen LogP contribution in [0.4, 0.5) is 0 Å². The van der Waals surface area contributed by atoms with Gasteiger partial charge in [0.05, 0.1) is 24.1 Å². The Hall–Kier alpha value is -3.19. The number of nitrogens with one attached hydrogen (secondary N) is 1. The highest BCUT2D eigenvalue weighted by molar-refractivity contribution is 6.02. The van der Waals surface area contributed by atoms with Crippen LogP contribution in [0.5, 0.6) is 0 Å². The summed E-state index contributed by atoms with van der Waals surface area (Å²) in [5, 5.41) is 12.5. The van der Waals surface area contributed by atoms with E-state index in [1.807, 2.05) is 26.0 Å². The molecule has 1 unspecified atom stereocenters. The van der Waals surface area contributed by atoms with Gasteiger partial charge in [0.25, 0.3) is 11.5 Å². The highest BCUT2D eigenvalue weighted by Crippen LogP contribution is 2.25. The van der Waals surface area contributed by atoms with E-state index in [1.54, 1.807) is 42.8 Å². The summed E-state index contributed by atoms with van der Waals surface area (Å²) < 4.78 is 3.26. The minimum absolute atomic E-state index is 0.0525. The number of aryl methyl sites for hydroxylation is 3. The third kappa shape index (κ3) is 4.18. The van der Waals surface area contributed by atoms with Crippen molar-refractivity contribution in [2.75, 3.05) is 6.61 Å². The molecule has 0 radical (unpaired) electrons. The summed E-state index contributed by atoms with van der Waals surface area (Å²) in [4.78, 5) is 39.2. The van der Waals surface area contributed by atoms with E-state index >= 15 is 0 Å². The van der Waals surface area contributed by atoms with Gasteiger partial charge in [-0.2, -0.15) is 0 Å². The fourth-order valence-corrected chi connectivity index (χ4v) is 3.97. The molecular weight excluding hydrogens is 394 g/mol. The van der Waals surface area contributed by atoms with Gasteiger partial charge in [-0.05, 0) is 31.4 Å². The predicted molar refractivity (Wildman–Crippen MR) is 121 cm³/mol. The number of aromatic nitrogens is 2. The zero-order valence-electron chi connectivity index (χ0n) is 18.4. The molecule has 0 fully saturated rings. The van der Waals surface area contributed by atoms with Gasteiger partial charge in [-0.1, -0.05) is 44.2 Å². The highest BCUT2D eigenvalue weighted by atomic mass is 16.3. The molecule has 7 heteroatoms. The van der Waals surface area contributed by atoms with Crippen LogP contribution in [0.3, 0.4) is 0 Å². The van der Waals surface area contributed by atoms with E-state index in [1.165, 1.54) is 4.57 Å². The number of nitrogens with zero attached hydrogens (tertiary/aromatic N) is 2.